The van der Waals surface area contributed by atoms with E-state index in [1.807, 2.05) is 51.1 Å². The molecule has 1 amide bonds. The van der Waals surface area contributed by atoms with Crippen LogP contribution >= 0.6 is 0 Å². The summed E-state index contributed by atoms with van der Waals surface area (Å²) in [6.07, 6.45) is 0. The molecular weight excluding hydrogens is 424 g/mol. The molecule has 0 aliphatic carbocycles. The van der Waals surface area contributed by atoms with Crippen molar-refractivity contribution in [2.75, 3.05) is 24.0 Å². The number of nitrogens with zero attached hydrogens (tertiary/aromatic N) is 1. The van der Waals surface area contributed by atoms with Gasteiger partial charge < -0.3 is 10.1 Å². The molecule has 3 rings (SSSR count). The van der Waals surface area contributed by atoms with Crippen molar-refractivity contribution in [2.24, 2.45) is 0 Å². The normalized spacial score (nSPS) is 11.1. The summed E-state index contributed by atoms with van der Waals surface area (Å²) in [6, 6.07) is 21.0. The molecule has 7 heteroatoms. The number of anilines is 1. The Hall–Kier alpha value is -3.32. The van der Waals surface area contributed by atoms with Gasteiger partial charge in [-0.15, -0.1) is 0 Å². The van der Waals surface area contributed by atoms with Crippen LogP contribution in [-0.4, -0.2) is 34.0 Å². The van der Waals surface area contributed by atoms with Crippen molar-refractivity contribution in [2.45, 2.75) is 25.7 Å². The molecule has 0 aliphatic heterocycles. The lowest BCUT2D eigenvalue weighted by atomic mass is 10.1. The minimum absolute atomic E-state index is 0.134. The lowest BCUT2D eigenvalue weighted by Crippen LogP contribution is -2.42. The van der Waals surface area contributed by atoms with E-state index in [2.05, 4.69) is 5.32 Å². The molecule has 6 nitrogen and oxygen atoms in total. The topological polar surface area (TPSA) is 75.7 Å². The Kier molecular flexibility index (Phi) is 7.53. The summed E-state index contributed by atoms with van der Waals surface area (Å²) < 4.78 is 33.6. The lowest BCUT2D eigenvalue weighted by Gasteiger charge is -2.25. The predicted octanol–water partition coefficient (Wildman–Crippen LogP) is 4.00. The average molecular weight is 453 g/mol. The van der Waals surface area contributed by atoms with Gasteiger partial charge in [0.15, 0.2) is 0 Å². The van der Waals surface area contributed by atoms with E-state index in [9.17, 15) is 13.2 Å². The second-order valence-corrected chi connectivity index (χ2v) is 9.37. The van der Waals surface area contributed by atoms with Crippen molar-refractivity contribution >= 4 is 21.6 Å². The van der Waals surface area contributed by atoms with Crippen LogP contribution in [0.25, 0.3) is 0 Å². The maximum absolute atomic E-state index is 13.3. The SMILES string of the molecule is Cc1ccccc1N(CC(=O)NCCOc1cccc(C)c1C)S(=O)(=O)c1ccccc1. The molecule has 0 fully saturated rings. The van der Waals surface area contributed by atoms with Gasteiger partial charge in [0.05, 0.1) is 17.1 Å². The summed E-state index contributed by atoms with van der Waals surface area (Å²) in [7, 11) is -3.91. The van der Waals surface area contributed by atoms with E-state index in [0.29, 0.717) is 5.69 Å². The highest BCUT2D eigenvalue weighted by atomic mass is 32.2. The van der Waals surface area contributed by atoms with Gasteiger partial charge in [0.1, 0.15) is 18.9 Å². The van der Waals surface area contributed by atoms with Gasteiger partial charge in [-0.2, -0.15) is 0 Å². The third-order valence-electron chi connectivity index (χ3n) is 5.24. The number of nitrogens with one attached hydrogen (secondary N) is 1. The fraction of sp³-hybridized carbons (Fsp3) is 0.240. The smallest absolute Gasteiger partial charge is 0.264 e. The number of carbonyl (C=O) groups excluding carboxylic acids is 1. The Balaban J connectivity index is 1.70. The minimum Gasteiger partial charge on any atom is -0.491 e. The van der Waals surface area contributed by atoms with Gasteiger partial charge in [-0.05, 0) is 61.7 Å². The van der Waals surface area contributed by atoms with Crippen LogP contribution in [0.15, 0.2) is 77.7 Å². The number of amides is 1. The van der Waals surface area contributed by atoms with Gasteiger partial charge in [-0.25, -0.2) is 8.42 Å². The van der Waals surface area contributed by atoms with Crippen LogP contribution < -0.4 is 14.4 Å². The molecule has 0 saturated carbocycles. The summed E-state index contributed by atoms with van der Waals surface area (Å²) in [4.78, 5) is 12.8. The van der Waals surface area contributed by atoms with Crippen molar-refractivity contribution in [3.63, 3.8) is 0 Å². The average Bonchev–Trinajstić information content (AvgIpc) is 2.79. The molecule has 0 heterocycles. The first-order chi connectivity index (χ1) is 15.3. The Bertz CT molecular complexity index is 1180. The number of sulfonamides is 1. The fourth-order valence-corrected chi connectivity index (χ4v) is 4.79. The molecule has 0 spiro atoms. The molecule has 0 unspecified atom stereocenters. The van der Waals surface area contributed by atoms with Crippen molar-refractivity contribution in [1.82, 2.24) is 5.32 Å². The van der Waals surface area contributed by atoms with Crippen LogP contribution in [0.5, 0.6) is 5.75 Å². The van der Waals surface area contributed by atoms with E-state index < -0.39 is 15.9 Å². The highest BCUT2D eigenvalue weighted by molar-refractivity contribution is 7.92. The molecule has 32 heavy (non-hydrogen) atoms. The van der Waals surface area contributed by atoms with E-state index in [1.165, 1.54) is 12.1 Å². The van der Waals surface area contributed by atoms with Gasteiger partial charge >= 0.3 is 0 Å². The second-order valence-electron chi connectivity index (χ2n) is 7.51. The third-order valence-corrected chi connectivity index (χ3v) is 7.01. The summed E-state index contributed by atoms with van der Waals surface area (Å²) >= 11 is 0. The first-order valence-corrected chi connectivity index (χ1v) is 11.8. The highest BCUT2D eigenvalue weighted by Crippen LogP contribution is 2.26. The maximum atomic E-state index is 13.3. The van der Waals surface area contributed by atoms with E-state index in [4.69, 9.17) is 4.74 Å². The lowest BCUT2D eigenvalue weighted by molar-refractivity contribution is -0.119. The Morgan fingerprint density at radius 2 is 1.53 bits per heavy atom. The van der Waals surface area contributed by atoms with Crippen molar-refractivity contribution in [1.29, 1.82) is 0 Å². The monoisotopic (exact) mass is 452 g/mol. The van der Waals surface area contributed by atoms with Crippen LogP contribution in [-0.2, 0) is 14.8 Å². The second kappa shape index (κ2) is 10.3. The van der Waals surface area contributed by atoms with E-state index in [1.54, 1.807) is 30.3 Å². The maximum Gasteiger partial charge on any atom is 0.264 e. The van der Waals surface area contributed by atoms with Gasteiger partial charge in [0.2, 0.25) is 5.91 Å². The van der Waals surface area contributed by atoms with E-state index in [-0.39, 0.29) is 24.6 Å². The van der Waals surface area contributed by atoms with Crippen LogP contribution in [0.3, 0.4) is 0 Å². The standard InChI is InChI=1S/C25H28N2O4S/c1-19-11-9-15-24(21(19)3)31-17-16-26-25(28)18-27(23-14-8-7-10-20(23)2)32(29,30)22-12-5-4-6-13-22/h4-15H,16-18H2,1-3H3,(H,26,28). The Labute approximate surface area is 189 Å². The molecular formula is C25H28N2O4S. The summed E-state index contributed by atoms with van der Waals surface area (Å²) in [5.74, 6) is 0.366. The molecule has 0 atom stereocenters. The van der Waals surface area contributed by atoms with Gasteiger partial charge in [-0.1, -0.05) is 48.5 Å². The number of hydrogen-bond donors (Lipinski definition) is 1. The zero-order valence-electron chi connectivity index (χ0n) is 18.5. The first-order valence-electron chi connectivity index (χ1n) is 10.4. The van der Waals surface area contributed by atoms with E-state index >= 15 is 0 Å². The Morgan fingerprint density at radius 1 is 0.875 bits per heavy atom. The van der Waals surface area contributed by atoms with Gasteiger partial charge in [0.25, 0.3) is 10.0 Å². The highest BCUT2D eigenvalue weighted by Gasteiger charge is 2.27. The Morgan fingerprint density at radius 3 is 2.25 bits per heavy atom. The number of benzene rings is 3. The number of hydrogen-bond acceptors (Lipinski definition) is 4. The molecule has 0 aliphatic rings. The first kappa shape index (κ1) is 23.3. The molecule has 1 N–H and O–H groups in total. The number of rotatable bonds is 9. The van der Waals surface area contributed by atoms with Crippen LogP contribution in [0, 0.1) is 20.8 Å². The summed E-state index contributed by atoms with van der Waals surface area (Å²) in [6.45, 7) is 6.03. The minimum atomic E-state index is -3.91. The molecule has 0 saturated heterocycles. The van der Waals surface area contributed by atoms with E-state index in [0.717, 1.165) is 26.7 Å². The zero-order valence-corrected chi connectivity index (χ0v) is 19.4. The van der Waals surface area contributed by atoms with Crippen molar-refractivity contribution in [3.05, 3.63) is 89.5 Å². The van der Waals surface area contributed by atoms with Gasteiger partial charge in [-0.3, -0.25) is 9.10 Å². The predicted molar refractivity (Wildman–Crippen MR) is 127 cm³/mol. The van der Waals surface area contributed by atoms with Crippen LogP contribution in [0.2, 0.25) is 0 Å². The third kappa shape index (κ3) is 5.48. The largest absolute Gasteiger partial charge is 0.491 e. The number of ether oxygens (including phenoxy) is 1. The van der Waals surface area contributed by atoms with Gasteiger partial charge in [0, 0.05) is 0 Å². The fourth-order valence-electron chi connectivity index (χ4n) is 3.28. The van der Waals surface area contributed by atoms with Crippen molar-refractivity contribution < 1.29 is 17.9 Å². The van der Waals surface area contributed by atoms with Crippen LogP contribution in [0.4, 0.5) is 5.69 Å². The molecule has 0 bridgehead atoms. The van der Waals surface area contributed by atoms with Crippen LogP contribution in [0.1, 0.15) is 16.7 Å². The summed E-state index contributed by atoms with van der Waals surface area (Å²) in [5, 5.41) is 2.76. The molecule has 3 aromatic carbocycles. The molecule has 0 aromatic heterocycles. The molecule has 168 valence electrons. The summed E-state index contributed by atoms with van der Waals surface area (Å²) in [5.41, 5.74) is 3.42. The van der Waals surface area contributed by atoms with Crippen molar-refractivity contribution in [3.8, 4) is 5.75 Å². The zero-order chi connectivity index (χ0) is 23.1. The molecule has 0 radical (unpaired) electrons. The number of para-hydroxylation sites is 1. The number of aryl methyl sites for hydroxylation is 2. The molecule has 3 aromatic rings. The quantitative estimate of drug-likeness (QED) is 0.498. The number of carbonyl (C=O) groups is 1.